The van der Waals surface area contributed by atoms with Crippen LogP contribution in [0.2, 0.25) is 5.02 Å². The van der Waals surface area contributed by atoms with E-state index in [1.165, 1.54) is 6.20 Å². The van der Waals surface area contributed by atoms with Crippen LogP contribution in [0, 0.1) is 0 Å². The molecule has 7 heteroatoms. The van der Waals surface area contributed by atoms with Crippen molar-refractivity contribution in [1.29, 1.82) is 0 Å². The lowest BCUT2D eigenvalue weighted by Gasteiger charge is -2.34. The Kier molecular flexibility index (Phi) is 5.05. The number of carbonyl (C=O) groups excluding carboxylic acids is 1. The molecule has 0 unspecified atom stereocenters. The molecule has 1 saturated heterocycles. The van der Waals surface area contributed by atoms with E-state index in [4.69, 9.17) is 11.6 Å². The summed E-state index contributed by atoms with van der Waals surface area (Å²) in [4.78, 5) is 24.9. The Morgan fingerprint density at radius 2 is 1.96 bits per heavy atom. The Morgan fingerprint density at radius 1 is 1.13 bits per heavy atom. The molecule has 2 aromatic heterocycles. The molecular formula is C16H18ClN5O. The SMILES string of the molecule is O=C(CN1CCN(c2ccccn2)CC1)Nc1ccc(Cl)cn1. The normalized spacial score (nSPS) is 15.4. The van der Waals surface area contributed by atoms with E-state index in [-0.39, 0.29) is 5.91 Å². The molecular weight excluding hydrogens is 314 g/mol. The van der Waals surface area contributed by atoms with Crippen molar-refractivity contribution in [2.24, 2.45) is 0 Å². The zero-order chi connectivity index (χ0) is 16.1. The zero-order valence-electron chi connectivity index (χ0n) is 12.7. The first-order valence-corrected chi connectivity index (χ1v) is 7.88. The molecule has 6 nitrogen and oxygen atoms in total. The summed E-state index contributed by atoms with van der Waals surface area (Å²) in [6, 6.07) is 9.31. The molecule has 1 aliphatic heterocycles. The topological polar surface area (TPSA) is 61.4 Å². The third kappa shape index (κ3) is 4.40. The molecule has 0 aromatic carbocycles. The Labute approximate surface area is 140 Å². The van der Waals surface area contributed by atoms with Crippen LogP contribution in [0.4, 0.5) is 11.6 Å². The number of nitrogens with one attached hydrogen (secondary N) is 1. The fourth-order valence-electron chi connectivity index (χ4n) is 2.51. The van der Waals surface area contributed by atoms with Gasteiger partial charge in [-0.15, -0.1) is 0 Å². The maximum atomic E-state index is 12.1. The molecule has 1 amide bonds. The Balaban J connectivity index is 1.47. The number of aromatic nitrogens is 2. The number of hydrogen-bond acceptors (Lipinski definition) is 5. The van der Waals surface area contributed by atoms with Gasteiger partial charge >= 0.3 is 0 Å². The van der Waals surface area contributed by atoms with Crippen LogP contribution >= 0.6 is 11.6 Å². The summed E-state index contributed by atoms with van der Waals surface area (Å²) in [6.07, 6.45) is 3.32. The van der Waals surface area contributed by atoms with Crippen molar-refractivity contribution in [2.45, 2.75) is 0 Å². The van der Waals surface area contributed by atoms with Crippen molar-refractivity contribution in [1.82, 2.24) is 14.9 Å². The van der Waals surface area contributed by atoms with Gasteiger partial charge in [0.25, 0.3) is 0 Å². The number of pyridine rings is 2. The lowest BCUT2D eigenvalue weighted by atomic mass is 10.3. The molecule has 2 aromatic rings. The fraction of sp³-hybridized carbons (Fsp3) is 0.312. The van der Waals surface area contributed by atoms with Gasteiger partial charge in [-0.3, -0.25) is 9.69 Å². The minimum Gasteiger partial charge on any atom is -0.354 e. The fourth-order valence-corrected chi connectivity index (χ4v) is 2.62. The minimum atomic E-state index is -0.0638. The number of carbonyl (C=O) groups is 1. The molecule has 0 atom stereocenters. The van der Waals surface area contributed by atoms with E-state index in [0.29, 0.717) is 17.4 Å². The van der Waals surface area contributed by atoms with Crippen LogP contribution in [-0.4, -0.2) is 53.5 Å². The second-order valence-corrected chi connectivity index (χ2v) is 5.80. The molecule has 23 heavy (non-hydrogen) atoms. The van der Waals surface area contributed by atoms with E-state index in [0.717, 1.165) is 32.0 Å². The van der Waals surface area contributed by atoms with E-state index in [9.17, 15) is 4.79 Å². The lowest BCUT2D eigenvalue weighted by Crippen LogP contribution is -2.48. The van der Waals surface area contributed by atoms with Crippen LogP contribution in [0.25, 0.3) is 0 Å². The summed E-state index contributed by atoms with van der Waals surface area (Å²) in [5.74, 6) is 1.44. The van der Waals surface area contributed by atoms with Gasteiger partial charge in [-0.2, -0.15) is 0 Å². The summed E-state index contributed by atoms with van der Waals surface area (Å²) in [5.41, 5.74) is 0. The van der Waals surface area contributed by atoms with Crippen molar-refractivity contribution in [3.05, 3.63) is 47.7 Å². The Hall–Kier alpha value is -2.18. The molecule has 0 bridgehead atoms. The summed E-state index contributed by atoms with van der Waals surface area (Å²) in [7, 11) is 0. The molecule has 0 radical (unpaired) electrons. The van der Waals surface area contributed by atoms with Crippen molar-refractivity contribution < 1.29 is 4.79 Å². The molecule has 0 aliphatic carbocycles. The second kappa shape index (κ2) is 7.39. The van der Waals surface area contributed by atoms with Gasteiger partial charge < -0.3 is 10.2 Å². The average molecular weight is 332 g/mol. The summed E-state index contributed by atoms with van der Waals surface area (Å²) >= 11 is 5.77. The molecule has 0 spiro atoms. The van der Waals surface area contributed by atoms with Gasteiger partial charge in [0.05, 0.1) is 11.6 Å². The van der Waals surface area contributed by atoms with Gasteiger partial charge in [-0.1, -0.05) is 17.7 Å². The largest absolute Gasteiger partial charge is 0.354 e. The number of anilines is 2. The van der Waals surface area contributed by atoms with E-state index < -0.39 is 0 Å². The van der Waals surface area contributed by atoms with Gasteiger partial charge in [0.1, 0.15) is 11.6 Å². The first kappa shape index (κ1) is 15.7. The number of nitrogens with zero attached hydrogens (tertiary/aromatic N) is 4. The standard InChI is InChI=1S/C16H18ClN5O/c17-13-4-5-14(19-11-13)20-16(23)12-21-7-9-22(10-8-21)15-3-1-2-6-18-15/h1-6,11H,7-10,12H2,(H,19,20,23). The number of halogens is 1. The van der Waals surface area contributed by atoms with E-state index in [2.05, 4.69) is 25.1 Å². The highest BCUT2D eigenvalue weighted by atomic mass is 35.5. The molecule has 1 aliphatic rings. The van der Waals surface area contributed by atoms with Crippen molar-refractivity contribution >= 4 is 29.1 Å². The lowest BCUT2D eigenvalue weighted by molar-refractivity contribution is -0.117. The van der Waals surface area contributed by atoms with Gasteiger partial charge in [-0.25, -0.2) is 9.97 Å². The van der Waals surface area contributed by atoms with Crippen LogP contribution < -0.4 is 10.2 Å². The molecule has 1 N–H and O–H groups in total. The second-order valence-electron chi connectivity index (χ2n) is 5.36. The van der Waals surface area contributed by atoms with Gasteiger partial charge in [0.2, 0.25) is 5.91 Å². The number of hydrogen-bond donors (Lipinski definition) is 1. The monoisotopic (exact) mass is 331 g/mol. The third-order valence-electron chi connectivity index (χ3n) is 3.71. The quantitative estimate of drug-likeness (QED) is 0.927. The first-order chi connectivity index (χ1) is 11.2. The first-order valence-electron chi connectivity index (χ1n) is 7.50. The molecule has 3 rings (SSSR count). The predicted octanol–water partition coefficient (Wildman–Crippen LogP) is 1.89. The van der Waals surface area contributed by atoms with Gasteiger partial charge in [-0.05, 0) is 24.3 Å². The zero-order valence-corrected chi connectivity index (χ0v) is 13.4. The number of amides is 1. The number of rotatable bonds is 4. The number of piperazine rings is 1. The summed E-state index contributed by atoms with van der Waals surface area (Å²) < 4.78 is 0. The van der Waals surface area contributed by atoms with Crippen LogP contribution in [0.1, 0.15) is 0 Å². The molecule has 3 heterocycles. The molecule has 0 saturated carbocycles. The summed E-state index contributed by atoms with van der Waals surface area (Å²) in [5, 5.41) is 3.33. The van der Waals surface area contributed by atoms with E-state index in [1.54, 1.807) is 18.3 Å². The van der Waals surface area contributed by atoms with Crippen LogP contribution in [0.3, 0.4) is 0 Å². The van der Waals surface area contributed by atoms with Crippen LogP contribution in [0.15, 0.2) is 42.7 Å². The van der Waals surface area contributed by atoms with Crippen molar-refractivity contribution in [3.63, 3.8) is 0 Å². The smallest absolute Gasteiger partial charge is 0.239 e. The van der Waals surface area contributed by atoms with Crippen molar-refractivity contribution in [3.8, 4) is 0 Å². The summed E-state index contributed by atoms with van der Waals surface area (Å²) in [6.45, 7) is 3.75. The molecule has 120 valence electrons. The van der Waals surface area contributed by atoms with E-state index in [1.807, 2.05) is 18.2 Å². The van der Waals surface area contributed by atoms with E-state index >= 15 is 0 Å². The van der Waals surface area contributed by atoms with Gasteiger partial charge in [0.15, 0.2) is 0 Å². The van der Waals surface area contributed by atoms with Gasteiger partial charge in [0, 0.05) is 38.6 Å². The average Bonchev–Trinajstić information content (AvgIpc) is 2.58. The molecule has 1 fully saturated rings. The Morgan fingerprint density at radius 3 is 2.61 bits per heavy atom. The third-order valence-corrected chi connectivity index (χ3v) is 3.93. The van der Waals surface area contributed by atoms with Crippen molar-refractivity contribution in [2.75, 3.05) is 42.9 Å². The maximum absolute atomic E-state index is 12.1. The highest BCUT2D eigenvalue weighted by Gasteiger charge is 2.19. The highest BCUT2D eigenvalue weighted by Crippen LogP contribution is 2.13. The minimum absolute atomic E-state index is 0.0638. The predicted molar refractivity (Wildman–Crippen MR) is 90.8 cm³/mol. The maximum Gasteiger partial charge on any atom is 0.239 e. The van der Waals surface area contributed by atoms with Crippen LogP contribution in [-0.2, 0) is 4.79 Å². The van der Waals surface area contributed by atoms with Crippen LogP contribution in [0.5, 0.6) is 0 Å². The highest BCUT2D eigenvalue weighted by molar-refractivity contribution is 6.30. The Bertz CT molecular complexity index is 641.